The molecule has 0 fully saturated rings. The monoisotopic (exact) mass is 309 g/mol. The summed E-state index contributed by atoms with van der Waals surface area (Å²) in [7, 11) is 1.34. The number of para-hydroxylation sites is 1. The number of anilines is 2. The van der Waals surface area contributed by atoms with Crippen molar-refractivity contribution in [2.24, 2.45) is 0 Å². The van der Waals surface area contributed by atoms with Crippen molar-refractivity contribution in [2.45, 2.75) is 19.8 Å². The lowest BCUT2D eigenvalue weighted by Crippen LogP contribution is -2.19. The third-order valence-electron chi connectivity index (χ3n) is 2.73. The van der Waals surface area contributed by atoms with E-state index in [1.54, 1.807) is 12.3 Å². The molecule has 0 aliphatic rings. The quantitative estimate of drug-likeness (QED) is 0.895. The van der Waals surface area contributed by atoms with Crippen molar-refractivity contribution in [1.82, 2.24) is 4.98 Å². The number of hydrogen-bond donors (Lipinski definition) is 2. The zero-order valence-electron chi connectivity index (χ0n) is 11.9. The summed E-state index contributed by atoms with van der Waals surface area (Å²) in [6.45, 7) is 4.10. The standard InChI is InChI=1S/C14H16FN3O2S/c1-8(2)11-7-16-14(21-11)18-13(19)17-10-6-4-5-9(15)12(10)20-3/h4-8H,1-3H3,(H2,16,17,18,19). The van der Waals surface area contributed by atoms with Crippen molar-refractivity contribution >= 4 is 28.2 Å². The van der Waals surface area contributed by atoms with Crippen LogP contribution in [0.5, 0.6) is 5.75 Å². The summed E-state index contributed by atoms with van der Waals surface area (Å²) < 4.78 is 18.4. The Labute approximate surface area is 126 Å². The van der Waals surface area contributed by atoms with Crippen LogP contribution in [-0.4, -0.2) is 18.1 Å². The van der Waals surface area contributed by atoms with Crippen molar-refractivity contribution in [3.63, 3.8) is 0 Å². The van der Waals surface area contributed by atoms with Gasteiger partial charge in [-0.2, -0.15) is 0 Å². The lowest BCUT2D eigenvalue weighted by atomic mass is 10.2. The molecule has 0 bridgehead atoms. The van der Waals surface area contributed by atoms with Crippen LogP contribution < -0.4 is 15.4 Å². The number of urea groups is 1. The summed E-state index contributed by atoms with van der Waals surface area (Å²) in [6, 6.07) is 3.82. The molecule has 21 heavy (non-hydrogen) atoms. The van der Waals surface area contributed by atoms with Gasteiger partial charge in [-0.3, -0.25) is 5.32 Å². The van der Waals surface area contributed by atoms with Crippen LogP contribution >= 0.6 is 11.3 Å². The van der Waals surface area contributed by atoms with Crippen LogP contribution in [0.4, 0.5) is 20.0 Å². The van der Waals surface area contributed by atoms with Gasteiger partial charge in [0.1, 0.15) is 0 Å². The second-order valence-electron chi connectivity index (χ2n) is 4.62. The van der Waals surface area contributed by atoms with Gasteiger partial charge in [0.05, 0.1) is 12.8 Å². The number of carbonyl (C=O) groups is 1. The molecule has 2 N–H and O–H groups in total. The molecule has 0 aliphatic carbocycles. The Morgan fingerprint density at radius 3 is 2.76 bits per heavy atom. The number of methoxy groups -OCH3 is 1. The Bertz CT molecular complexity index is 643. The van der Waals surface area contributed by atoms with Crippen LogP contribution in [0.15, 0.2) is 24.4 Å². The fourth-order valence-corrected chi connectivity index (χ4v) is 2.49. The van der Waals surface area contributed by atoms with Gasteiger partial charge in [-0.15, -0.1) is 11.3 Å². The molecule has 0 aliphatic heterocycles. The van der Waals surface area contributed by atoms with Gasteiger partial charge in [0.2, 0.25) is 0 Å². The summed E-state index contributed by atoms with van der Waals surface area (Å²) in [5, 5.41) is 5.65. The van der Waals surface area contributed by atoms with E-state index in [-0.39, 0.29) is 11.4 Å². The van der Waals surface area contributed by atoms with Crippen molar-refractivity contribution in [3.05, 3.63) is 35.1 Å². The number of aromatic nitrogens is 1. The highest BCUT2D eigenvalue weighted by Crippen LogP contribution is 2.28. The molecule has 0 saturated carbocycles. The first kappa shape index (κ1) is 15.2. The van der Waals surface area contributed by atoms with E-state index in [9.17, 15) is 9.18 Å². The third-order valence-corrected chi connectivity index (χ3v) is 3.95. The Hall–Kier alpha value is -2.15. The highest BCUT2D eigenvalue weighted by molar-refractivity contribution is 7.15. The maximum Gasteiger partial charge on any atom is 0.325 e. The molecular formula is C14H16FN3O2S. The smallest absolute Gasteiger partial charge is 0.325 e. The molecule has 2 aromatic rings. The largest absolute Gasteiger partial charge is 0.492 e. The number of hydrogen-bond acceptors (Lipinski definition) is 4. The van der Waals surface area contributed by atoms with E-state index >= 15 is 0 Å². The second kappa shape index (κ2) is 6.53. The van der Waals surface area contributed by atoms with Gasteiger partial charge in [-0.25, -0.2) is 14.2 Å². The van der Waals surface area contributed by atoms with Gasteiger partial charge < -0.3 is 10.1 Å². The van der Waals surface area contributed by atoms with Gasteiger partial charge in [0, 0.05) is 11.1 Å². The number of thiazole rings is 1. The maximum atomic E-state index is 13.5. The van der Waals surface area contributed by atoms with Gasteiger partial charge in [-0.1, -0.05) is 19.9 Å². The number of ether oxygens (including phenoxy) is 1. The van der Waals surface area contributed by atoms with Crippen molar-refractivity contribution in [2.75, 3.05) is 17.7 Å². The molecule has 5 nitrogen and oxygen atoms in total. The summed E-state index contributed by atoms with van der Waals surface area (Å²) >= 11 is 1.40. The van der Waals surface area contributed by atoms with Gasteiger partial charge in [0.15, 0.2) is 16.7 Å². The summed E-state index contributed by atoms with van der Waals surface area (Å²) in [5.74, 6) is -0.189. The van der Waals surface area contributed by atoms with Crippen LogP contribution in [0.1, 0.15) is 24.6 Å². The summed E-state index contributed by atoms with van der Waals surface area (Å²) in [4.78, 5) is 17.1. The first-order valence-corrected chi connectivity index (χ1v) is 7.19. The molecule has 1 heterocycles. The molecular weight excluding hydrogens is 293 g/mol. The molecule has 0 saturated heterocycles. The molecule has 1 aromatic carbocycles. The molecule has 2 rings (SSSR count). The number of carbonyl (C=O) groups excluding carboxylic acids is 1. The molecule has 2 amide bonds. The van der Waals surface area contributed by atoms with E-state index in [0.29, 0.717) is 11.0 Å². The molecule has 0 radical (unpaired) electrons. The van der Waals surface area contributed by atoms with Crippen LogP contribution in [-0.2, 0) is 0 Å². The SMILES string of the molecule is COc1c(F)cccc1NC(=O)Nc1ncc(C(C)C)s1. The highest BCUT2D eigenvalue weighted by atomic mass is 32.1. The third kappa shape index (κ3) is 3.69. The second-order valence-corrected chi connectivity index (χ2v) is 5.68. The van der Waals surface area contributed by atoms with Crippen LogP contribution in [0, 0.1) is 5.82 Å². The molecule has 0 spiro atoms. The predicted octanol–water partition coefficient (Wildman–Crippen LogP) is 4.06. The van der Waals surface area contributed by atoms with E-state index in [4.69, 9.17) is 4.74 Å². The number of nitrogens with one attached hydrogen (secondary N) is 2. The van der Waals surface area contributed by atoms with E-state index in [1.807, 2.05) is 0 Å². The number of halogens is 1. The molecule has 0 atom stereocenters. The fraction of sp³-hybridized carbons (Fsp3) is 0.286. The fourth-order valence-electron chi connectivity index (χ4n) is 1.68. The molecule has 1 aromatic heterocycles. The minimum absolute atomic E-state index is 0.00495. The lowest BCUT2D eigenvalue weighted by Gasteiger charge is -2.10. The van der Waals surface area contributed by atoms with Gasteiger partial charge in [0.25, 0.3) is 0 Å². The van der Waals surface area contributed by atoms with Crippen LogP contribution in [0.2, 0.25) is 0 Å². The average molecular weight is 309 g/mol. The predicted molar refractivity (Wildman–Crippen MR) is 81.8 cm³/mol. The number of amides is 2. The normalized spacial score (nSPS) is 10.5. The van der Waals surface area contributed by atoms with E-state index in [1.165, 1.54) is 30.6 Å². The minimum Gasteiger partial charge on any atom is -0.492 e. The first-order chi connectivity index (χ1) is 10.0. The van der Waals surface area contributed by atoms with Crippen molar-refractivity contribution in [3.8, 4) is 5.75 Å². The number of benzene rings is 1. The minimum atomic E-state index is -0.536. The first-order valence-electron chi connectivity index (χ1n) is 6.37. The van der Waals surface area contributed by atoms with Crippen molar-refractivity contribution in [1.29, 1.82) is 0 Å². The zero-order valence-corrected chi connectivity index (χ0v) is 12.8. The lowest BCUT2D eigenvalue weighted by molar-refractivity contribution is 0.262. The van der Waals surface area contributed by atoms with Gasteiger partial charge >= 0.3 is 6.03 Å². The van der Waals surface area contributed by atoms with Crippen molar-refractivity contribution < 1.29 is 13.9 Å². The van der Waals surface area contributed by atoms with Crippen LogP contribution in [0.25, 0.3) is 0 Å². The van der Waals surface area contributed by atoms with E-state index < -0.39 is 11.8 Å². The summed E-state index contributed by atoms with van der Waals surface area (Å²) in [5.41, 5.74) is 0.260. The molecule has 112 valence electrons. The Balaban J connectivity index is 2.06. The van der Waals surface area contributed by atoms with Gasteiger partial charge in [-0.05, 0) is 18.1 Å². The van der Waals surface area contributed by atoms with E-state index in [2.05, 4.69) is 29.5 Å². The Morgan fingerprint density at radius 2 is 2.14 bits per heavy atom. The maximum absolute atomic E-state index is 13.5. The number of rotatable bonds is 4. The number of nitrogens with zero attached hydrogens (tertiary/aromatic N) is 1. The topological polar surface area (TPSA) is 63.2 Å². The Kier molecular flexibility index (Phi) is 4.74. The average Bonchev–Trinajstić information content (AvgIpc) is 2.87. The molecule has 7 heteroatoms. The van der Waals surface area contributed by atoms with Crippen LogP contribution in [0.3, 0.4) is 0 Å². The highest BCUT2D eigenvalue weighted by Gasteiger charge is 2.13. The summed E-state index contributed by atoms with van der Waals surface area (Å²) in [6.07, 6.45) is 1.73. The van der Waals surface area contributed by atoms with E-state index in [0.717, 1.165) is 4.88 Å². The zero-order chi connectivity index (χ0) is 15.4. The Morgan fingerprint density at radius 1 is 1.38 bits per heavy atom. The molecule has 0 unspecified atom stereocenters.